The lowest BCUT2D eigenvalue weighted by Gasteiger charge is -2.20. The lowest BCUT2D eigenvalue weighted by atomic mass is 9.93. The van der Waals surface area contributed by atoms with Gasteiger partial charge in [0.25, 0.3) is 0 Å². The first kappa shape index (κ1) is 18.2. The molecule has 0 atom stereocenters. The first-order valence-electron chi connectivity index (χ1n) is 7.53. The van der Waals surface area contributed by atoms with Crippen molar-refractivity contribution in [3.63, 3.8) is 0 Å². The molecule has 0 radical (unpaired) electrons. The second kappa shape index (κ2) is 9.26. The molecule has 0 saturated heterocycles. The Balaban J connectivity index is 2.28. The Hall–Kier alpha value is -1.81. The van der Waals surface area contributed by atoms with E-state index in [1.807, 2.05) is 30.3 Å². The highest BCUT2D eigenvalue weighted by atomic mass is 16.5. The van der Waals surface area contributed by atoms with E-state index >= 15 is 0 Å². The third-order valence-corrected chi connectivity index (χ3v) is 3.23. The fraction of sp³-hybridized carbons (Fsp3) is 0.500. The molecular formula is C18H26O4. The van der Waals surface area contributed by atoms with Crippen molar-refractivity contribution in [3.05, 3.63) is 42.0 Å². The van der Waals surface area contributed by atoms with Gasteiger partial charge in [-0.05, 0) is 30.5 Å². The van der Waals surface area contributed by atoms with E-state index in [2.05, 4.69) is 19.9 Å². The number of aliphatic carboxylic acids is 1. The number of allylic oxidation sites excluding steroid dienone is 1. The van der Waals surface area contributed by atoms with Crippen LogP contribution in [0.4, 0.5) is 0 Å². The summed E-state index contributed by atoms with van der Waals surface area (Å²) in [5, 5.41) is 8.58. The molecule has 0 bridgehead atoms. The molecule has 0 unspecified atom stereocenters. The van der Waals surface area contributed by atoms with Crippen molar-refractivity contribution in [2.24, 2.45) is 5.41 Å². The Morgan fingerprint density at radius 3 is 2.55 bits per heavy atom. The second-order valence-corrected chi connectivity index (χ2v) is 6.02. The van der Waals surface area contributed by atoms with Gasteiger partial charge in [-0.1, -0.05) is 38.1 Å². The smallest absolute Gasteiger partial charge is 0.303 e. The first-order valence-corrected chi connectivity index (χ1v) is 7.53. The quantitative estimate of drug-likeness (QED) is 0.523. The van der Waals surface area contributed by atoms with Crippen molar-refractivity contribution in [2.45, 2.75) is 39.7 Å². The van der Waals surface area contributed by atoms with E-state index in [4.69, 9.17) is 14.6 Å². The molecular weight excluding hydrogens is 280 g/mol. The lowest BCUT2D eigenvalue weighted by Crippen LogP contribution is -2.16. The van der Waals surface area contributed by atoms with Gasteiger partial charge in [0.2, 0.25) is 0 Å². The maximum absolute atomic E-state index is 10.4. The molecule has 1 N–H and O–H groups in total. The molecule has 0 saturated carbocycles. The van der Waals surface area contributed by atoms with Crippen molar-refractivity contribution in [1.82, 2.24) is 0 Å². The Morgan fingerprint density at radius 1 is 1.27 bits per heavy atom. The van der Waals surface area contributed by atoms with Crippen LogP contribution in [-0.2, 0) is 16.1 Å². The number of carboxylic acids is 1. The maximum atomic E-state index is 10.4. The van der Waals surface area contributed by atoms with Crippen LogP contribution in [0.3, 0.4) is 0 Å². The van der Waals surface area contributed by atoms with Crippen LogP contribution < -0.4 is 4.74 Å². The van der Waals surface area contributed by atoms with Crippen LogP contribution >= 0.6 is 0 Å². The zero-order valence-electron chi connectivity index (χ0n) is 13.7. The highest BCUT2D eigenvalue weighted by Gasteiger charge is 2.13. The maximum Gasteiger partial charge on any atom is 0.303 e. The molecule has 1 rings (SSSR count). The van der Waals surface area contributed by atoms with Gasteiger partial charge in [0.1, 0.15) is 5.75 Å². The molecule has 0 heterocycles. The molecule has 0 aromatic heterocycles. The number of rotatable bonds is 10. The minimum Gasteiger partial charge on any atom is -0.497 e. The number of carboxylic acid groups (broad SMARTS) is 1. The summed E-state index contributed by atoms with van der Waals surface area (Å²) in [5.41, 5.74) is 1.05. The topological polar surface area (TPSA) is 55.8 Å². The van der Waals surface area contributed by atoms with Gasteiger partial charge in [0, 0.05) is 11.8 Å². The van der Waals surface area contributed by atoms with E-state index in [1.54, 1.807) is 7.11 Å². The molecule has 22 heavy (non-hydrogen) atoms. The third-order valence-electron chi connectivity index (χ3n) is 3.23. The molecule has 0 fully saturated rings. The standard InChI is InChI=1S/C18H26O4/c1-18(2,12-6-4-5-7-17(19)20)14-22-13-15-8-10-16(21-3)11-9-15/h6,8-12H,4-5,7,13-14H2,1-3H3,(H,19,20). The van der Waals surface area contributed by atoms with Crippen LogP contribution in [-0.4, -0.2) is 24.8 Å². The number of carbonyl (C=O) groups is 1. The normalized spacial score (nSPS) is 11.8. The van der Waals surface area contributed by atoms with Crippen molar-refractivity contribution in [2.75, 3.05) is 13.7 Å². The summed E-state index contributed by atoms with van der Waals surface area (Å²) in [6.07, 6.45) is 5.82. The molecule has 1 aromatic rings. The number of hydrogen-bond donors (Lipinski definition) is 1. The van der Waals surface area contributed by atoms with Crippen molar-refractivity contribution in [3.8, 4) is 5.75 Å². The van der Waals surface area contributed by atoms with Crippen molar-refractivity contribution < 1.29 is 19.4 Å². The van der Waals surface area contributed by atoms with E-state index in [1.165, 1.54) is 0 Å². The average molecular weight is 306 g/mol. The van der Waals surface area contributed by atoms with Gasteiger partial charge >= 0.3 is 5.97 Å². The number of ether oxygens (including phenoxy) is 2. The summed E-state index contributed by atoms with van der Waals surface area (Å²) in [5.74, 6) is 0.101. The highest BCUT2D eigenvalue weighted by molar-refractivity contribution is 5.66. The van der Waals surface area contributed by atoms with Gasteiger partial charge in [-0.2, -0.15) is 0 Å². The van der Waals surface area contributed by atoms with E-state index in [-0.39, 0.29) is 11.8 Å². The largest absolute Gasteiger partial charge is 0.497 e. The Labute approximate surface area is 132 Å². The summed E-state index contributed by atoms with van der Waals surface area (Å²) >= 11 is 0. The predicted molar refractivity (Wildman–Crippen MR) is 87.1 cm³/mol. The number of unbranched alkanes of at least 4 members (excludes halogenated alkanes) is 1. The molecule has 0 spiro atoms. The van der Waals surface area contributed by atoms with Crippen LogP contribution in [0.25, 0.3) is 0 Å². The Kier molecular flexibility index (Phi) is 7.67. The molecule has 1 aromatic carbocycles. The number of methoxy groups -OCH3 is 1. The second-order valence-electron chi connectivity index (χ2n) is 6.02. The monoisotopic (exact) mass is 306 g/mol. The minimum absolute atomic E-state index is 0.0598. The summed E-state index contributed by atoms with van der Waals surface area (Å²) in [7, 11) is 1.65. The van der Waals surface area contributed by atoms with Gasteiger partial charge in [-0.15, -0.1) is 0 Å². The Morgan fingerprint density at radius 2 is 1.95 bits per heavy atom. The van der Waals surface area contributed by atoms with E-state index in [0.29, 0.717) is 19.6 Å². The van der Waals surface area contributed by atoms with E-state index < -0.39 is 5.97 Å². The molecule has 122 valence electrons. The highest BCUT2D eigenvalue weighted by Crippen LogP contribution is 2.19. The number of benzene rings is 1. The fourth-order valence-electron chi connectivity index (χ4n) is 1.98. The van der Waals surface area contributed by atoms with Crippen LogP contribution in [0.5, 0.6) is 5.75 Å². The van der Waals surface area contributed by atoms with Crippen LogP contribution in [0.15, 0.2) is 36.4 Å². The van der Waals surface area contributed by atoms with E-state index in [0.717, 1.165) is 17.7 Å². The lowest BCUT2D eigenvalue weighted by molar-refractivity contribution is -0.137. The van der Waals surface area contributed by atoms with E-state index in [9.17, 15) is 4.79 Å². The molecule has 4 nitrogen and oxygen atoms in total. The van der Waals surface area contributed by atoms with Crippen LogP contribution in [0.1, 0.15) is 38.7 Å². The first-order chi connectivity index (χ1) is 10.4. The van der Waals surface area contributed by atoms with Gasteiger partial charge in [0.05, 0.1) is 20.3 Å². The molecule has 4 heteroatoms. The summed E-state index contributed by atoms with van der Waals surface area (Å²) < 4.78 is 10.9. The summed E-state index contributed by atoms with van der Waals surface area (Å²) in [6.45, 7) is 5.40. The van der Waals surface area contributed by atoms with Crippen molar-refractivity contribution in [1.29, 1.82) is 0 Å². The SMILES string of the molecule is COc1ccc(COCC(C)(C)C=CCCCC(=O)O)cc1. The molecule has 0 aliphatic rings. The summed E-state index contributed by atoms with van der Waals surface area (Å²) in [4.78, 5) is 10.4. The van der Waals surface area contributed by atoms with Crippen molar-refractivity contribution >= 4 is 5.97 Å². The van der Waals surface area contributed by atoms with Gasteiger partial charge < -0.3 is 14.6 Å². The fourth-order valence-corrected chi connectivity index (χ4v) is 1.98. The molecule has 0 aliphatic carbocycles. The Bertz CT molecular complexity index is 474. The minimum atomic E-state index is -0.740. The van der Waals surface area contributed by atoms with Crippen LogP contribution in [0, 0.1) is 5.41 Å². The zero-order valence-corrected chi connectivity index (χ0v) is 13.7. The van der Waals surface area contributed by atoms with Gasteiger partial charge in [0.15, 0.2) is 0 Å². The predicted octanol–water partition coefficient (Wildman–Crippen LogP) is 4.05. The third kappa shape index (κ3) is 7.84. The van der Waals surface area contributed by atoms with Gasteiger partial charge in [-0.25, -0.2) is 0 Å². The van der Waals surface area contributed by atoms with Crippen LogP contribution in [0.2, 0.25) is 0 Å². The zero-order chi connectivity index (χ0) is 16.4. The molecule has 0 aliphatic heterocycles. The molecule has 0 amide bonds. The van der Waals surface area contributed by atoms with Gasteiger partial charge in [-0.3, -0.25) is 4.79 Å². The number of hydrogen-bond acceptors (Lipinski definition) is 3. The summed E-state index contributed by atoms with van der Waals surface area (Å²) in [6, 6.07) is 7.83. The average Bonchev–Trinajstić information content (AvgIpc) is 2.47.